The fraction of sp³-hybridized carbons (Fsp3) is 0.769. The van der Waals surface area contributed by atoms with Gasteiger partial charge in [-0.25, -0.2) is 4.79 Å². The largest absolute Gasteiger partial charge is 0.480 e. The molecule has 0 radical (unpaired) electrons. The van der Waals surface area contributed by atoms with E-state index in [9.17, 15) is 9.59 Å². The first kappa shape index (κ1) is 19.3. The van der Waals surface area contributed by atoms with Crippen molar-refractivity contribution >= 4 is 17.7 Å². The third-order valence-corrected chi connectivity index (χ3v) is 3.11. The molecule has 122 valence electrons. The summed E-state index contributed by atoms with van der Waals surface area (Å²) >= 11 is 0. The lowest BCUT2D eigenvalue weighted by Crippen LogP contribution is -2.48. The van der Waals surface area contributed by atoms with Crippen molar-refractivity contribution in [1.29, 1.82) is 5.41 Å². The Labute approximate surface area is 124 Å². The number of amides is 1. The summed E-state index contributed by atoms with van der Waals surface area (Å²) in [6.07, 6.45) is 3.97. The lowest BCUT2D eigenvalue weighted by molar-refractivity contribution is -0.142. The van der Waals surface area contributed by atoms with Crippen molar-refractivity contribution in [3.63, 3.8) is 0 Å². The highest BCUT2D eigenvalue weighted by Gasteiger charge is 2.22. The van der Waals surface area contributed by atoms with Gasteiger partial charge in [-0.3, -0.25) is 10.2 Å². The third-order valence-electron chi connectivity index (χ3n) is 3.11. The Hall–Kier alpha value is -1.67. The maximum absolute atomic E-state index is 11.8. The van der Waals surface area contributed by atoms with E-state index in [-0.39, 0.29) is 5.84 Å². The molecule has 1 amide bonds. The molecular weight excluding hydrogens is 274 g/mol. The Morgan fingerprint density at radius 3 is 2.29 bits per heavy atom. The fourth-order valence-electron chi connectivity index (χ4n) is 1.84. The normalized spacial score (nSPS) is 13.4. The highest BCUT2D eigenvalue weighted by Crippen LogP contribution is 2.05. The topological polar surface area (TPSA) is 168 Å². The van der Waals surface area contributed by atoms with E-state index in [1.807, 2.05) is 0 Å². The van der Waals surface area contributed by atoms with E-state index in [0.717, 1.165) is 6.42 Å². The van der Waals surface area contributed by atoms with Gasteiger partial charge in [0.05, 0.1) is 11.9 Å². The van der Waals surface area contributed by atoms with Crippen molar-refractivity contribution in [2.45, 2.75) is 57.0 Å². The molecule has 0 aromatic heterocycles. The van der Waals surface area contributed by atoms with Crippen molar-refractivity contribution in [3.8, 4) is 0 Å². The number of hydrogen-bond donors (Lipinski definition) is 6. The number of carboxylic acids is 1. The van der Waals surface area contributed by atoms with Crippen LogP contribution in [0.1, 0.15) is 44.9 Å². The number of carbonyl (C=O) groups is 2. The summed E-state index contributed by atoms with van der Waals surface area (Å²) in [6, 6.07) is -1.67. The molecule has 0 bridgehead atoms. The Morgan fingerprint density at radius 1 is 1.14 bits per heavy atom. The van der Waals surface area contributed by atoms with Gasteiger partial charge in [-0.05, 0) is 38.6 Å². The first-order valence-electron chi connectivity index (χ1n) is 7.20. The van der Waals surface area contributed by atoms with Gasteiger partial charge in [0, 0.05) is 6.42 Å². The molecule has 0 heterocycles. The average molecular weight is 301 g/mol. The number of carboxylic acid groups (broad SMARTS) is 1. The van der Waals surface area contributed by atoms with Crippen LogP contribution in [0.15, 0.2) is 0 Å². The number of carbonyl (C=O) groups excluding carboxylic acids is 1. The molecule has 9 N–H and O–H groups in total. The predicted octanol–water partition coefficient (Wildman–Crippen LogP) is -0.492. The van der Waals surface area contributed by atoms with Gasteiger partial charge in [0.2, 0.25) is 5.91 Å². The maximum atomic E-state index is 11.8. The van der Waals surface area contributed by atoms with E-state index >= 15 is 0 Å². The highest BCUT2D eigenvalue weighted by atomic mass is 16.4. The van der Waals surface area contributed by atoms with Gasteiger partial charge >= 0.3 is 5.97 Å². The number of nitrogens with two attached hydrogens (primary N) is 3. The molecule has 0 saturated carbocycles. The minimum absolute atomic E-state index is 0.110. The van der Waals surface area contributed by atoms with Gasteiger partial charge in [-0.15, -0.1) is 0 Å². The van der Waals surface area contributed by atoms with Crippen LogP contribution in [0.5, 0.6) is 0 Å². The summed E-state index contributed by atoms with van der Waals surface area (Å²) in [5.41, 5.74) is 16.3. The molecule has 8 nitrogen and oxygen atoms in total. The molecule has 0 aliphatic rings. The van der Waals surface area contributed by atoms with Crippen molar-refractivity contribution < 1.29 is 14.7 Å². The molecule has 0 saturated heterocycles. The SMILES string of the molecule is N=C(N)CCCC[C@H](N)C(=O)N[C@@H](CCCCN)C(=O)O. The van der Waals surface area contributed by atoms with E-state index in [4.69, 9.17) is 27.7 Å². The minimum Gasteiger partial charge on any atom is -0.480 e. The van der Waals surface area contributed by atoms with Crippen molar-refractivity contribution in [1.82, 2.24) is 5.32 Å². The van der Waals surface area contributed by atoms with Crippen LogP contribution in [0, 0.1) is 5.41 Å². The Kier molecular flexibility index (Phi) is 10.2. The Morgan fingerprint density at radius 2 is 1.76 bits per heavy atom. The maximum Gasteiger partial charge on any atom is 0.326 e. The molecule has 0 unspecified atom stereocenters. The zero-order chi connectivity index (χ0) is 16.3. The first-order chi connectivity index (χ1) is 9.88. The summed E-state index contributed by atoms with van der Waals surface area (Å²) in [5, 5.41) is 18.6. The van der Waals surface area contributed by atoms with Crippen LogP contribution in [0.3, 0.4) is 0 Å². The van der Waals surface area contributed by atoms with Gasteiger partial charge in [0.25, 0.3) is 0 Å². The summed E-state index contributed by atoms with van der Waals surface area (Å²) in [6.45, 7) is 0.496. The molecular formula is C13H27N5O3. The Bertz CT molecular complexity index is 349. The smallest absolute Gasteiger partial charge is 0.326 e. The van der Waals surface area contributed by atoms with E-state index in [0.29, 0.717) is 45.1 Å². The van der Waals surface area contributed by atoms with E-state index in [1.165, 1.54) is 0 Å². The second kappa shape index (κ2) is 11.0. The zero-order valence-corrected chi connectivity index (χ0v) is 12.3. The molecule has 0 aliphatic carbocycles. The van der Waals surface area contributed by atoms with E-state index in [2.05, 4.69) is 5.32 Å². The van der Waals surface area contributed by atoms with Gasteiger partial charge in [0.1, 0.15) is 6.04 Å². The van der Waals surface area contributed by atoms with Crippen molar-refractivity contribution in [2.24, 2.45) is 17.2 Å². The van der Waals surface area contributed by atoms with Gasteiger partial charge in [0.15, 0.2) is 0 Å². The summed E-state index contributed by atoms with van der Waals surface area (Å²) in [7, 11) is 0. The van der Waals surface area contributed by atoms with Gasteiger partial charge in [-0.2, -0.15) is 0 Å². The number of aliphatic carboxylic acids is 1. The van der Waals surface area contributed by atoms with Crippen LogP contribution >= 0.6 is 0 Å². The summed E-state index contributed by atoms with van der Waals surface area (Å²) < 4.78 is 0. The molecule has 0 spiro atoms. The second-order valence-electron chi connectivity index (χ2n) is 5.06. The molecule has 2 atom stereocenters. The van der Waals surface area contributed by atoms with Crippen molar-refractivity contribution in [3.05, 3.63) is 0 Å². The monoisotopic (exact) mass is 301 g/mol. The zero-order valence-electron chi connectivity index (χ0n) is 12.3. The Balaban J connectivity index is 4.09. The van der Waals surface area contributed by atoms with Crippen LogP contribution in [0.4, 0.5) is 0 Å². The van der Waals surface area contributed by atoms with Crippen LogP contribution in [0.25, 0.3) is 0 Å². The minimum atomic E-state index is -1.07. The predicted molar refractivity (Wildman–Crippen MR) is 80.8 cm³/mol. The average Bonchev–Trinajstić information content (AvgIpc) is 2.41. The van der Waals surface area contributed by atoms with E-state index in [1.54, 1.807) is 0 Å². The standard InChI is InChI=1S/C13H27N5O3/c14-8-4-3-6-10(13(20)21)18-12(19)9(15)5-1-2-7-11(16)17/h9-10H,1-8,14-15H2,(H3,16,17)(H,18,19)(H,20,21)/t9-,10-/m0/s1. The summed E-state index contributed by atoms with van der Waals surface area (Å²) in [5.74, 6) is -1.42. The number of rotatable bonds is 12. The molecule has 21 heavy (non-hydrogen) atoms. The molecule has 0 aliphatic heterocycles. The quantitative estimate of drug-likeness (QED) is 0.161. The lowest BCUT2D eigenvalue weighted by atomic mass is 10.1. The number of hydrogen-bond acceptors (Lipinski definition) is 5. The second-order valence-corrected chi connectivity index (χ2v) is 5.06. The van der Waals surface area contributed by atoms with Crippen molar-refractivity contribution in [2.75, 3.05) is 6.54 Å². The lowest BCUT2D eigenvalue weighted by Gasteiger charge is -2.17. The van der Waals surface area contributed by atoms with E-state index < -0.39 is 24.0 Å². The number of nitrogens with one attached hydrogen (secondary N) is 2. The van der Waals surface area contributed by atoms with Crippen LogP contribution in [-0.4, -0.2) is 41.4 Å². The first-order valence-corrected chi connectivity index (χ1v) is 7.20. The molecule has 0 aromatic rings. The fourth-order valence-corrected chi connectivity index (χ4v) is 1.84. The summed E-state index contributed by atoms with van der Waals surface area (Å²) in [4.78, 5) is 22.9. The number of amidine groups is 1. The van der Waals surface area contributed by atoms with Gasteiger partial charge < -0.3 is 27.6 Å². The van der Waals surface area contributed by atoms with Crippen LogP contribution in [-0.2, 0) is 9.59 Å². The third kappa shape index (κ3) is 9.80. The number of unbranched alkanes of at least 4 members (excludes halogenated alkanes) is 2. The molecule has 8 heteroatoms. The van der Waals surface area contributed by atoms with Gasteiger partial charge in [-0.1, -0.05) is 6.42 Å². The molecule has 0 fully saturated rings. The molecule has 0 rings (SSSR count). The van der Waals surface area contributed by atoms with Crippen LogP contribution < -0.4 is 22.5 Å². The molecule has 0 aromatic carbocycles. The van der Waals surface area contributed by atoms with Crippen LogP contribution in [0.2, 0.25) is 0 Å². The highest BCUT2D eigenvalue weighted by molar-refractivity contribution is 5.86.